The van der Waals surface area contributed by atoms with E-state index in [1.807, 2.05) is 24.3 Å². The van der Waals surface area contributed by atoms with Crippen LogP contribution in [0, 0.1) is 5.92 Å². The zero-order chi connectivity index (χ0) is 15.8. The van der Waals surface area contributed by atoms with Gasteiger partial charge in [-0.1, -0.05) is 12.1 Å². The summed E-state index contributed by atoms with van der Waals surface area (Å²) < 4.78 is 31.6. The number of alkyl halides is 2. The van der Waals surface area contributed by atoms with Crippen LogP contribution in [0.5, 0.6) is 5.75 Å². The summed E-state index contributed by atoms with van der Waals surface area (Å²) in [6, 6.07) is 7.85. The van der Waals surface area contributed by atoms with Crippen molar-refractivity contribution in [3.05, 3.63) is 29.8 Å². The summed E-state index contributed by atoms with van der Waals surface area (Å²) in [5, 5.41) is 2.89. The van der Waals surface area contributed by atoms with Gasteiger partial charge < -0.3 is 10.1 Å². The molecule has 22 heavy (non-hydrogen) atoms. The largest absolute Gasteiger partial charge is 0.497 e. The van der Waals surface area contributed by atoms with E-state index in [1.54, 1.807) is 7.11 Å². The van der Waals surface area contributed by atoms with Gasteiger partial charge in [0.25, 0.3) is 0 Å². The van der Waals surface area contributed by atoms with Crippen molar-refractivity contribution >= 4 is 5.91 Å². The molecule has 1 amide bonds. The molecule has 3 rings (SSSR count). The summed E-state index contributed by atoms with van der Waals surface area (Å²) >= 11 is 0. The topological polar surface area (TPSA) is 38.3 Å². The number of methoxy groups -OCH3 is 1. The van der Waals surface area contributed by atoms with E-state index < -0.39 is 11.8 Å². The monoisotopic (exact) mass is 309 g/mol. The first-order valence-corrected chi connectivity index (χ1v) is 7.74. The van der Waals surface area contributed by atoms with E-state index in [0.717, 1.165) is 24.2 Å². The molecule has 0 aromatic heterocycles. The predicted octanol–water partition coefficient (Wildman–Crippen LogP) is 3.28. The second-order valence-electron chi connectivity index (χ2n) is 6.53. The summed E-state index contributed by atoms with van der Waals surface area (Å²) in [6.45, 7) is 0.515. The van der Waals surface area contributed by atoms with Crippen molar-refractivity contribution in [2.45, 2.75) is 43.4 Å². The maximum Gasteiger partial charge on any atom is 0.248 e. The van der Waals surface area contributed by atoms with Gasteiger partial charge in [0.15, 0.2) is 0 Å². The summed E-state index contributed by atoms with van der Waals surface area (Å²) in [5.41, 5.74) is 1.09. The Morgan fingerprint density at radius 3 is 2.73 bits per heavy atom. The number of carbonyl (C=O) groups is 1. The number of rotatable bonds is 5. The molecule has 3 nitrogen and oxygen atoms in total. The highest BCUT2D eigenvalue weighted by atomic mass is 19.3. The molecule has 0 bridgehead atoms. The zero-order valence-corrected chi connectivity index (χ0v) is 12.7. The Morgan fingerprint density at radius 2 is 2.14 bits per heavy atom. The third kappa shape index (κ3) is 3.08. The minimum absolute atomic E-state index is 0.0503. The third-order valence-electron chi connectivity index (χ3n) is 4.91. The van der Waals surface area contributed by atoms with Gasteiger partial charge in [0, 0.05) is 30.7 Å². The molecule has 0 saturated heterocycles. The highest BCUT2D eigenvalue weighted by molar-refractivity contribution is 5.79. The van der Waals surface area contributed by atoms with Gasteiger partial charge in [-0.25, -0.2) is 8.78 Å². The highest BCUT2D eigenvalue weighted by Crippen LogP contribution is 2.48. The molecule has 0 spiro atoms. The van der Waals surface area contributed by atoms with E-state index in [2.05, 4.69) is 5.32 Å². The molecule has 1 aromatic carbocycles. The predicted molar refractivity (Wildman–Crippen MR) is 79.2 cm³/mol. The number of benzene rings is 1. The number of hydrogen-bond acceptors (Lipinski definition) is 2. The number of carbonyl (C=O) groups excluding carboxylic acids is 1. The average molecular weight is 309 g/mol. The molecular formula is C17H21F2NO2. The van der Waals surface area contributed by atoms with Crippen LogP contribution in [0.2, 0.25) is 0 Å². The number of amides is 1. The molecule has 5 heteroatoms. The van der Waals surface area contributed by atoms with Gasteiger partial charge in [0.05, 0.1) is 7.11 Å². The maximum absolute atomic E-state index is 13.2. The smallest absolute Gasteiger partial charge is 0.248 e. The lowest BCUT2D eigenvalue weighted by atomic mass is 9.95. The first kappa shape index (κ1) is 15.3. The number of hydrogen-bond donors (Lipinski definition) is 1. The average Bonchev–Trinajstić information content (AvgIpc) is 3.22. The standard InChI is InChI=1S/C17H21F2NO2/c1-22-14-4-2-3-13(9-14)16(7-8-16)11-20-15(21)12-5-6-17(18,19)10-12/h2-4,9,12H,5-8,10-11H2,1H3,(H,20,21). The van der Waals surface area contributed by atoms with Gasteiger partial charge in [0.2, 0.25) is 11.8 Å². The second-order valence-corrected chi connectivity index (χ2v) is 6.53. The summed E-state index contributed by atoms with van der Waals surface area (Å²) in [7, 11) is 1.63. The van der Waals surface area contributed by atoms with Crippen molar-refractivity contribution in [2.24, 2.45) is 5.92 Å². The summed E-state index contributed by atoms with van der Waals surface area (Å²) in [6.07, 6.45) is 1.80. The Kier molecular flexibility index (Phi) is 3.83. The molecule has 2 saturated carbocycles. The van der Waals surface area contributed by atoms with Crippen molar-refractivity contribution in [2.75, 3.05) is 13.7 Å². The van der Waals surface area contributed by atoms with Crippen LogP contribution in [0.3, 0.4) is 0 Å². The van der Waals surface area contributed by atoms with Gasteiger partial charge in [-0.05, 0) is 37.0 Å². The molecule has 0 heterocycles. The lowest BCUT2D eigenvalue weighted by Crippen LogP contribution is -2.36. The minimum Gasteiger partial charge on any atom is -0.497 e. The van der Waals surface area contributed by atoms with E-state index >= 15 is 0 Å². The second kappa shape index (κ2) is 5.52. The number of nitrogens with one attached hydrogen (secondary N) is 1. The normalized spacial score (nSPS) is 24.8. The molecule has 1 aromatic rings. The van der Waals surface area contributed by atoms with Gasteiger partial charge in [-0.3, -0.25) is 4.79 Å². The lowest BCUT2D eigenvalue weighted by Gasteiger charge is -2.19. The van der Waals surface area contributed by atoms with E-state index in [9.17, 15) is 13.6 Å². The molecule has 0 aliphatic heterocycles. The van der Waals surface area contributed by atoms with Crippen LogP contribution in [-0.2, 0) is 10.2 Å². The van der Waals surface area contributed by atoms with Crippen LogP contribution < -0.4 is 10.1 Å². The van der Waals surface area contributed by atoms with Crippen LogP contribution in [0.1, 0.15) is 37.7 Å². The van der Waals surface area contributed by atoms with E-state index in [4.69, 9.17) is 4.74 Å². The summed E-state index contributed by atoms with van der Waals surface area (Å²) in [4.78, 5) is 12.1. The molecule has 1 N–H and O–H groups in total. The molecule has 1 unspecified atom stereocenters. The minimum atomic E-state index is -2.67. The molecule has 2 fully saturated rings. The zero-order valence-electron chi connectivity index (χ0n) is 12.7. The lowest BCUT2D eigenvalue weighted by molar-refractivity contribution is -0.125. The van der Waals surface area contributed by atoms with Gasteiger partial charge in [0.1, 0.15) is 5.75 Å². The Hall–Kier alpha value is -1.65. The van der Waals surface area contributed by atoms with Crippen molar-refractivity contribution in [3.63, 3.8) is 0 Å². The summed E-state index contributed by atoms with van der Waals surface area (Å²) in [5.74, 6) is -2.65. The van der Waals surface area contributed by atoms with Crippen LogP contribution in [0.25, 0.3) is 0 Å². The molecule has 2 aliphatic carbocycles. The van der Waals surface area contributed by atoms with E-state index in [1.165, 1.54) is 0 Å². The molecule has 0 radical (unpaired) electrons. The van der Waals surface area contributed by atoms with Gasteiger partial charge in [-0.15, -0.1) is 0 Å². The molecular weight excluding hydrogens is 288 g/mol. The van der Waals surface area contributed by atoms with Crippen LogP contribution >= 0.6 is 0 Å². The van der Waals surface area contributed by atoms with Crippen molar-refractivity contribution < 1.29 is 18.3 Å². The fraction of sp³-hybridized carbons (Fsp3) is 0.588. The Bertz CT molecular complexity index is 570. The van der Waals surface area contributed by atoms with E-state index in [-0.39, 0.29) is 30.6 Å². The van der Waals surface area contributed by atoms with Crippen LogP contribution in [0.15, 0.2) is 24.3 Å². The molecule has 2 aliphatic rings. The molecule has 1 atom stereocenters. The first-order chi connectivity index (χ1) is 10.4. The Morgan fingerprint density at radius 1 is 1.36 bits per heavy atom. The van der Waals surface area contributed by atoms with Crippen LogP contribution in [-0.4, -0.2) is 25.5 Å². The fourth-order valence-electron chi connectivity index (χ4n) is 3.25. The van der Waals surface area contributed by atoms with Crippen LogP contribution in [0.4, 0.5) is 8.78 Å². The maximum atomic E-state index is 13.2. The highest BCUT2D eigenvalue weighted by Gasteiger charge is 2.46. The van der Waals surface area contributed by atoms with E-state index in [0.29, 0.717) is 6.54 Å². The Balaban J connectivity index is 1.60. The number of ether oxygens (including phenoxy) is 1. The Labute approximate surface area is 129 Å². The quantitative estimate of drug-likeness (QED) is 0.906. The fourth-order valence-corrected chi connectivity index (χ4v) is 3.25. The molecule has 120 valence electrons. The number of halogens is 2. The van der Waals surface area contributed by atoms with Crippen molar-refractivity contribution in [3.8, 4) is 5.75 Å². The van der Waals surface area contributed by atoms with Gasteiger partial charge >= 0.3 is 0 Å². The third-order valence-corrected chi connectivity index (χ3v) is 4.91. The first-order valence-electron chi connectivity index (χ1n) is 7.74. The van der Waals surface area contributed by atoms with Crippen molar-refractivity contribution in [1.82, 2.24) is 5.32 Å². The van der Waals surface area contributed by atoms with Crippen molar-refractivity contribution in [1.29, 1.82) is 0 Å². The SMILES string of the molecule is COc1cccc(C2(CNC(=O)C3CCC(F)(F)C3)CC2)c1. The van der Waals surface area contributed by atoms with Gasteiger partial charge in [-0.2, -0.15) is 0 Å².